The molecule has 0 spiro atoms. The summed E-state index contributed by atoms with van der Waals surface area (Å²) < 4.78 is 35.3. The third-order valence-electron chi connectivity index (χ3n) is 1.22. The van der Waals surface area contributed by atoms with Crippen molar-refractivity contribution in [3.8, 4) is 0 Å². The summed E-state index contributed by atoms with van der Waals surface area (Å²) in [6, 6.07) is 0. The van der Waals surface area contributed by atoms with E-state index in [1.165, 1.54) is 24.3 Å². The summed E-state index contributed by atoms with van der Waals surface area (Å²) in [4.78, 5) is 0. The lowest BCUT2D eigenvalue weighted by atomic mass is 10.1. The molecule has 54 valence electrons. The lowest BCUT2D eigenvalue weighted by Crippen LogP contribution is -1.89. The van der Waals surface area contributed by atoms with Crippen molar-refractivity contribution >= 4 is 0 Å². The van der Waals surface area contributed by atoms with Gasteiger partial charge in [0.1, 0.15) is 0 Å². The number of halogens is 3. The molecule has 0 atom stereocenters. The Labute approximate surface area is 56.4 Å². The van der Waals surface area contributed by atoms with Crippen molar-refractivity contribution in [2.75, 3.05) is 0 Å². The molecule has 1 rings (SSSR count). The third kappa shape index (κ3) is 1.29. The molecule has 0 aliphatic heterocycles. The predicted molar refractivity (Wildman–Crippen MR) is 32.1 cm³/mol. The minimum atomic E-state index is -2.23. The van der Waals surface area contributed by atoms with Crippen LogP contribution in [0.25, 0.3) is 0 Å². The minimum absolute atomic E-state index is 0.843. The first-order valence-electron chi connectivity index (χ1n) is 2.77. The number of allylic oxidation sites excluding steroid dienone is 5. The van der Waals surface area contributed by atoms with Crippen LogP contribution in [0.2, 0.25) is 0 Å². The lowest BCUT2D eigenvalue weighted by Gasteiger charge is -1.97. The van der Waals surface area contributed by atoms with Crippen molar-refractivity contribution < 1.29 is 13.2 Å². The number of rotatable bonds is 1. The Kier molecular flexibility index (Phi) is 1.94. The standard InChI is InChI=1S/C7H5F3/c8-6(7(9)10)5-3-1-2-4-5/h1-5H. The molecule has 1 aliphatic rings. The number of hydrogen-bond acceptors (Lipinski definition) is 0. The normalized spacial score (nSPS) is 16.3. The molecule has 0 saturated heterocycles. The van der Waals surface area contributed by atoms with E-state index in [-0.39, 0.29) is 0 Å². The van der Waals surface area contributed by atoms with Gasteiger partial charge >= 0.3 is 6.08 Å². The van der Waals surface area contributed by atoms with Crippen LogP contribution < -0.4 is 0 Å². The summed E-state index contributed by atoms with van der Waals surface area (Å²) in [5.74, 6) is -2.20. The zero-order valence-corrected chi connectivity index (χ0v) is 5.02. The van der Waals surface area contributed by atoms with Gasteiger partial charge in [-0.15, -0.1) is 0 Å². The van der Waals surface area contributed by atoms with Crippen molar-refractivity contribution in [1.29, 1.82) is 0 Å². The second-order valence-electron chi connectivity index (χ2n) is 1.90. The Balaban J connectivity index is 2.76. The van der Waals surface area contributed by atoms with Gasteiger partial charge < -0.3 is 0 Å². The van der Waals surface area contributed by atoms with Gasteiger partial charge in [-0.3, -0.25) is 0 Å². The highest BCUT2D eigenvalue weighted by Crippen LogP contribution is 2.24. The Hall–Kier alpha value is -0.990. The molecule has 0 nitrogen and oxygen atoms in total. The van der Waals surface area contributed by atoms with Crippen LogP contribution in [0.15, 0.2) is 36.2 Å². The monoisotopic (exact) mass is 146 g/mol. The summed E-state index contributed by atoms with van der Waals surface area (Å²) in [7, 11) is 0. The van der Waals surface area contributed by atoms with Crippen molar-refractivity contribution in [3.05, 3.63) is 36.2 Å². The van der Waals surface area contributed by atoms with E-state index in [9.17, 15) is 13.2 Å². The average molecular weight is 146 g/mol. The van der Waals surface area contributed by atoms with Crippen LogP contribution in [-0.4, -0.2) is 0 Å². The van der Waals surface area contributed by atoms with Gasteiger partial charge in [-0.25, -0.2) is 4.39 Å². The molecule has 0 aromatic heterocycles. The van der Waals surface area contributed by atoms with Crippen LogP contribution in [-0.2, 0) is 0 Å². The molecular formula is C7H5F3. The first-order chi connectivity index (χ1) is 4.72. The largest absolute Gasteiger partial charge is 0.302 e. The highest BCUT2D eigenvalue weighted by atomic mass is 19.3. The smallest absolute Gasteiger partial charge is 0.205 e. The third-order valence-corrected chi connectivity index (χ3v) is 1.22. The fourth-order valence-electron chi connectivity index (χ4n) is 0.727. The predicted octanol–water partition coefficient (Wildman–Crippen LogP) is 2.81. The quantitative estimate of drug-likeness (QED) is 0.533. The van der Waals surface area contributed by atoms with Gasteiger partial charge in [0.05, 0.1) is 5.92 Å². The van der Waals surface area contributed by atoms with Gasteiger partial charge in [0.25, 0.3) is 0 Å². The first kappa shape index (κ1) is 7.12. The van der Waals surface area contributed by atoms with Crippen molar-refractivity contribution in [3.63, 3.8) is 0 Å². The van der Waals surface area contributed by atoms with Gasteiger partial charge in [-0.1, -0.05) is 24.3 Å². The van der Waals surface area contributed by atoms with Crippen LogP contribution in [0.1, 0.15) is 0 Å². The second kappa shape index (κ2) is 2.73. The van der Waals surface area contributed by atoms with E-state index >= 15 is 0 Å². The molecule has 0 unspecified atom stereocenters. The maximum absolute atomic E-state index is 12.3. The Morgan fingerprint density at radius 3 is 1.90 bits per heavy atom. The Morgan fingerprint density at radius 2 is 1.50 bits per heavy atom. The molecule has 0 bridgehead atoms. The summed E-state index contributed by atoms with van der Waals surface area (Å²) >= 11 is 0. The number of hydrogen-bond donors (Lipinski definition) is 0. The Bertz CT molecular complexity index is 197. The van der Waals surface area contributed by atoms with E-state index in [1.807, 2.05) is 0 Å². The molecule has 0 aromatic carbocycles. The lowest BCUT2D eigenvalue weighted by molar-refractivity contribution is 0.365. The van der Waals surface area contributed by atoms with Crippen LogP contribution >= 0.6 is 0 Å². The average Bonchev–Trinajstić information content (AvgIpc) is 2.36. The molecule has 0 radical (unpaired) electrons. The van der Waals surface area contributed by atoms with Crippen LogP contribution in [0.5, 0.6) is 0 Å². The van der Waals surface area contributed by atoms with Crippen molar-refractivity contribution in [2.24, 2.45) is 5.92 Å². The summed E-state index contributed by atoms with van der Waals surface area (Å²) in [5.41, 5.74) is 0. The van der Waals surface area contributed by atoms with Gasteiger partial charge in [0, 0.05) is 0 Å². The second-order valence-corrected chi connectivity index (χ2v) is 1.90. The molecule has 0 amide bonds. The first-order valence-corrected chi connectivity index (χ1v) is 2.77. The van der Waals surface area contributed by atoms with Crippen molar-refractivity contribution in [1.82, 2.24) is 0 Å². The fourth-order valence-corrected chi connectivity index (χ4v) is 0.727. The zero-order valence-electron chi connectivity index (χ0n) is 5.02. The summed E-state index contributed by atoms with van der Waals surface area (Å²) in [6.45, 7) is 0. The summed E-state index contributed by atoms with van der Waals surface area (Å²) in [6.07, 6.45) is 3.57. The maximum Gasteiger partial charge on any atom is 0.302 e. The molecule has 0 fully saturated rings. The molecule has 0 aromatic rings. The Morgan fingerprint density at radius 1 is 1.00 bits per heavy atom. The molecule has 10 heavy (non-hydrogen) atoms. The maximum atomic E-state index is 12.3. The highest BCUT2D eigenvalue weighted by Gasteiger charge is 2.15. The van der Waals surface area contributed by atoms with E-state index < -0.39 is 17.8 Å². The molecule has 3 heteroatoms. The molecular weight excluding hydrogens is 141 g/mol. The molecule has 0 heterocycles. The van der Waals surface area contributed by atoms with Crippen LogP contribution in [0.3, 0.4) is 0 Å². The van der Waals surface area contributed by atoms with Gasteiger partial charge in [0.2, 0.25) is 0 Å². The van der Waals surface area contributed by atoms with Crippen LogP contribution in [0.4, 0.5) is 13.2 Å². The molecule has 0 saturated carbocycles. The van der Waals surface area contributed by atoms with Gasteiger partial charge in [0.15, 0.2) is 5.83 Å². The van der Waals surface area contributed by atoms with E-state index in [4.69, 9.17) is 0 Å². The molecule has 0 N–H and O–H groups in total. The van der Waals surface area contributed by atoms with Gasteiger partial charge in [-0.2, -0.15) is 8.78 Å². The minimum Gasteiger partial charge on any atom is -0.205 e. The van der Waals surface area contributed by atoms with Crippen LogP contribution in [0, 0.1) is 5.92 Å². The van der Waals surface area contributed by atoms with E-state index in [2.05, 4.69) is 0 Å². The zero-order chi connectivity index (χ0) is 7.56. The van der Waals surface area contributed by atoms with E-state index in [0.29, 0.717) is 0 Å². The topological polar surface area (TPSA) is 0 Å². The summed E-state index contributed by atoms with van der Waals surface area (Å²) in [5, 5.41) is 0. The van der Waals surface area contributed by atoms with E-state index in [1.54, 1.807) is 0 Å². The fraction of sp³-hybridized carbons (Fsp3) is 0.143. The van der Waals surface area contributed by atoms with Gasteiger partial charge in [-0.05, 0) is 0 Å². The SMILES string of the molecule is FC(F)=C(F)C1C=CC=C1. The highest BCUT2D eigenvalue weighted by molar-refractivity contribution is 5.25. The van der Waals surface area contributed by atoms with Crippen molar-refractivity contribution in [2.45, 2.75) is 0 Å². The molecule has 1 aliphatic carbocycles. The van der Waals surface area contributed by atoms with E-state index in [0.717, 1.165) is 0 Å².